The molecule has 19 heavy (non-hydrogen) atoms. The molecule has 3 heterocycles. The zero-order valence-corrected chi connectivity index (χ0v) is 11.4. The first-order valence-electron chi connectivity index (χ1n) is 5.85. The number of fused-ring (bicyclic) bond motifs is 1. The second kappa shape index (κ2) is 4.85. The molecule has 3 aromatic rings. The van der Waals surface area contributed by atoms with Crippen LogP contribution in [0.2, 0.25) is 0 Å². The molecule has 0 saturated carbocycles. The van der Waals surface area contributed by atoms with Crippen LogP contribution < -0.4 is 10.6 Å². The van der Waals surface area contributed by atoms with E-state index in [0.717, 1.165) is 21.7 Å². The highest BCUT2D eigenvalue weighted by Gasteiger charge is 2.10. The van der Waals surface area contributed by atoms with Gasteiger partial charge in [-0.15, -0.1) is 11.3 Å². The number of hydrogen-bond acceptors (Lipinski definition) is 7. The molecule has 0 amide bonds. The molecule has 0 radical (unpaired) electrons. The second-order valence-electron chi connectivity index (χ2n) is 4.07. The SMILES string of the molecule is CNc1nc(NCc2ccon2)c2cc(C)sc2n1. The molecule has 2 N–H and O–H groups in total. The van der Waals surface area contributed by atoms with Gasteiger partial charge in [-0.25, -0.2) is 4.98 Å². The highest BCUT2D eigenvalue weighted by molar-refractivity contribution is 7.18. The summed E-state index contributed by atoms with van der Waals surface area (Å²) < 4.78 is 4.81. The van der Waals surface area contributed by atoms with Gasteiger partial charge in [0.05, 0.1) is 11.9 Å². The minimum atomic E-state index is 0.570. The number of hydrogen-bond donors (Lipinski definition) is 2. The summed E-state index contributed by atoms with van der Waals surface area (Å²) in [6, 6.07) is 3.91. The van der Waals surface area contributed by atoms with E-state index in [1.807, 2.05) is 13.1 Å². The van der Waals surface area contributed by atoms with Crippen molar-refractivity contribution in [2.45, 2.75) is 13.5 Å². The smallest absolute Gasteiger partial charge is 0.225 e. The zero-order valence-electron chi connectivity index (χ0n) is 10.6. The topological polar surface area (TPSA) is 75.9 Å². The Morgan fingerprint density at radius 2 is 2.26 bits per heavy atom. The Morgan fingerprint density at radius 1 is 1.37 bits per heavy atom. The van der Waals surface area contributed by atoms with E-state index >= 15 is 0 Å². The van der Waals surface area contributed by atoms with E-state index < -0.39 is 0 Å². The molecular formula is C12H13N5OS. The third-order valence-electron chi connectivity index (χ3n) is 2.67. The molecule has 0 aliphatic carbocycles. The summed E-state index contributed by atoms with van der Waals surface area (Å²) in [5, 5.41) is 11.1. The molecule has 0 bridgehead atoms. The highest BCUT2D eigenvalue weighted by Crippen LogP contribution is 2.29. The van der Waals surface area contributed by atoms with Crippen molar-refractivity contribution in [1.29, 1.82) is 0 Å². The van der Waals surface area contributed by atoms with Crippen molar-refractivity contribution in [3.8, 4) is 0 Å². The fourth-order valence-electron chi connectivity index (χ4n) is 1.79. The maximum absolute atomic E-state index is 4.81. The van der Waals surface area contributed by atoms with Crippen molar-refractivity contribution in [3.63, 3.8) is 0 Å². The van der Waals surface area contributed by atoms with Crippen molar-refractivity contribution in [2.75, 3.05) is 17.7 Å². The fraction of sp³-hybridized carbons (Fsp3) is 0.250. The third-order valence-corrected chi connectivity index (χ3v) is 3.61. The second-order valence-corrected chi connectivity index (χ2v) is 5.30. The molecule has 0 spiro atoms. The lowest BCUT2D eigenvalue weighted by atomic mass is 10.3. The number of nitrogens with zero attached hydrogens (tertiary/aromatic N) is 3. The number of aryl methyl sites for hydroxylation is 1. The maximum Gasteiger partial charge on any atom is 0.225 e. The quantitative estimate of drug-likeness (QED) is 0.762. The molecular weight excluding hydrogens is 262 g/mol. The van der Waals surface area contributed by atoms with Gasteiger partial charge in [-0.1, -0.05) is 5.16 Å². The summed E-state index contributed by atoms with van der Waals surface area (Å²) in [6.07, 6.45) is 1.56. The summed E-state index contributed by atoms with van der Waals surface area (Å²) >= 11 is 1.65. The van der Waals surface area contributed by atoms with Crippen molar-refractivity contribution in [3.05, 3.63) is 29.0 Å². The van der Waals surface area contributed by atoms with E-state index in [2.05, 4.69) is 38.7 Å². The van der Waals surface area contributed by atoms with E-state index in [1.54, 1.807) is 17.6 Å². The first-order valence-corrected chi connectivity index (χ1v) is 6.67. The Kier molecular flexibility index (Phi) is 3.04. The molecule has 0 aromatic carbocycles. The summed E-state index contributed by atoms with van der Waals surface area (Å²) in [6.45, 7) is 2.63. The van der Waals surface area contributed by atoms with Gasteiger partial charge in [-0.05, 0) is 13.0 Å². The third kappa shape index (κ3) is 2.37. The molecule has 0 fully saturated rings. The van der Waals surface area contributed by atoms with Gasteiger partial charge in [-0.3, -0.25) is 0 Å². The van der Waals surface area contributed by atoms with Gasteiger partial charge < -0.3 is 15.2 Å². The molecule has 3 aromatic heterocycles. The van der Waals surface area contributed by atoms with Crippen LogP contribution in [0, 0.1) is 6.92 Å². The van der Waals surface area contributed by atoms with Gasteiger partial charge >= 0.3 is 0 Å². The Hall–Kier alpha value is -2.15. The Morgan fingerprint density at radius 3 is 3.00 bits per heavy atom. The lowest BCUT2D eigenvalue weighted by Crippen LogP contribution is -2.05. The summed E-state index contributed by atoms with van der Waals surface area (Å²) in [7, 11) is 1.81. The van der Waals surface area contributed by atoms with Gasteiger partial charge in [0.2, 0.25) is 5.95 Å². The minimum Gasteiger partial charge on any atom is -0.364 e. The van der Waals surface area contributed by atoms with Crippen LogP contribution >= 0.6 is 11.3 Å². The van der Waals surface area contributed by atoms with E-state index in [-0.39, 0.29) is 0 Å². The van der Waals surface area contributed by atoms with E-state index in [1.165, 1.54) is 4.88 Å². The summed E-state index contributed by atoms with van der Waals surface area (Å²) in [4.78, 5) is 11.1. The number of rotatable bonds is 4. The van der Waals surface area contributed by atoms with E-state index in [9.17, 15) is 0 Å². The van der Waals surface area contributed by atoms with E-state index in [4.69, 9.17) is 4.52 Å². The lowest BCUT2D eigenvalue weighted by Gasteiger charge is -2.06. The van der Waals surface area contributed by atoms with Gasteiger partial charge in [0.25, 0.3) is 0 Å². The van der Waals surface area contributed by atoms with Crippen LogP contribution in [0.3, 0.4) is 0 Å². The average molecular weight is 275 g/mol. The van der Waals surface area contributed by atoms with Crippen LogP contribution in [0.4, 0.5) is 11.8 Å². The van der Waals surface area contributed by atoms with Crippen LogP contribution in [-0.4, -0.2) is 22.2 Å². The monoisotopic (exact) mass is 275 g/mol. The molecule has 3 rings (SSSR count). The number of anilines is 2. The predicted octanol–water partition coefficient (Wildman–Crippen LogP) is 2.64. The molecule has 98 valence electrons. The Labute approximate surface area is 113 Å². The van der Waals surface area contributed by atoms with Crippen molar-refractivity contribution < 1.29 is 4.52 Å². The van der Waals surface area contributed by atoms with Crippen LogP contribution in [0.5, 0.6) is 0 Å². The standard InChI is InChI=1S/C12H13N5OS/c1-7-5-9-10(14-6-8-3-4-18-17-8)15-12(13-2)16-11(9)19-7/h3-5H,6H2,1-2H3,(H2,13,14,15,16). The highest BCUT2D eigenvalue weighted by atomic mass is 32.1. The van der Waals surface area contributed by atoms with Crippen molar-refractivity contribution in [2.24, 2.45) is 0 Å². The average Bonchev–Trinajstić information content (AvgIpc) is 3.03. The number of aromatic nitrogens is 3. The van der Waals surface area contributed by atoms with Crippen LogP contribution in [0.15, 0.2) is 22.9 Å². The van der Waals surface area contributed by atoms with Crippen LogP contribution in [-0.2, 0) is 6.54 Å². The molecule has 7 heteroatoms. The van der Waals surface area contributed by atoms with Crippen molar-refractivity contribution >= 4 is 33.3 Å². The fourth-order valence-corrected chi connectivity index (χ4v) is 2.67. The van der Waals surface area contributed by atoms with Gasteiger partial charge in [0, 0.05) is 18.0 Å². The molecule has 0 saturated heterocycles. The summed E-state index contributed by atoms with van der Waals surface area (Å²) in [5.41, 5.74) is 0.838. The maximum atomic E-state index is 4.81. The van der Waals surface area contributed by atoms with Gasteiger partial charge in [-0.2, -0.15) is 4.98 Å². The molecule has 0 unspecified atom stereocenters. The van der Waals surface area contributed by atoms with Crippen LogP contribution in [0.1, 0.15) is 10.6 Å². The molecule has 0 aliphatic rings. The van der Waals surface area contributed by atoms with Crippen molar-refractivity contribution in [1.82, 2.24) is 15.1 Å². The van der Waals surface area contributed by atoms with Gasteiger partial charge in [0.1, 0.15) is 22.6 Å². The minimum absolute atomic E-state index is 0.570. The number of nitrogens with one attached hydrogen (secondary N) is 2. The molecule has 0 atom stereocenters. The Bertz CT molecular complexity index is 692. The first kappa shape index (κ1) is 11.9. The molecule has 6 nitrogen and oxygen atoms in total. The lowest BCUT2D eigenvalue weighted by molar-refractivity contribution is 0.412. The number of thiophene rings is 1. The predicted molar refractivity (Wildman–Crippen MR) is 75.5 cm³/mol. The normalized spacial score (nSPS) is 10.8. The zero-order chi connectivity index (χ0) is 13.2. The largest absolute Gasteiger partial charge is 0.364 e. The summed E-state index contributed by atoms with van der Waals surface area (Å²) in [5.74, 6) is 1.42. The Balaban J connectivity index is 1.96. The van der Waals surface area contributed by atoms with Crippen LogP contribution in [0.25, 0.3) is 10.2 Å². The molecule has 0 aliphatic heterocycles. The van der Waals surface area contributed by atoms with Gasteiger partial charge in [0.15, 0.2) is 0 Å². The first-order chi connectivity index (χ1) is 9.26. The van der Waals surface area contributed by atoms with E-state index in [0.29, 0.717) is 12.5 Å².